The number of alkyl halides is 2. The fourth-order valence-corrected chi connectivity index (χ4v) is 12.9. The lowest BCUT2D eigenvalue weighted by Crippen LogP contribution is -2.43. The number of aromatic nitrogens is 6. The first kappa shape index (κ1) is 62.5. The number of anilines is 3. The Morgan fingerprint density at radius 2 is 1.06 bits per heavy atom. The molecule has 2 saturated heterocycles. The Balaban J connectivity index is 0.675. The van der Waals surface area contributed by atoms with Crippen molar-refractivity contribution in [1.29, 1.82) is 0 Å². The molecule has 0 spiro atoms. The van der Waals surface area contributed by atoms with Crippen LogP contribution in [0.1, 0.15) is 101 Å². The van der Waals surface area contributed by atoms with Crippen LogP contribution in [0.3, 0.4) is 0 Å². The van der Waals surface area contributed by atoms with Gasteiger partial charge in [0.25, 0.3) is 5.92 Å². The summed E-state index contributed by atoms with van der Waals surface area (Å²) in [5.74, 6) is -2.66. The van der Waals surface area contributed by atoms with E-state index in [1.54, 1.807) is 35.6 Å². The third-order valence-corrected chi connectivity index (χ3v) is 17.6. The van der Waals surface area contributed by atoms with E-state index in [0.717, 1.165) is 95.1 Å². The van der Waals surface area contributed by atoms with Gasteiger partial charge in [-0.1, -0.05) is 139 Å². The Labute approximate surface area is 519 Å². The van der Waals surface area contributed by atoms with Gasteiger partial charge in [-0.2, -0.15) is 15.3 Å². The number of piperidine rings is 1. The Morgan fingerprint density at radius 1 is 0.523 bits per heavy atom. The maximum atomic E-state index is 14.0. The zero-order valence-corrected chi connectivity index (χ0v) is 50.6. The third-order valence-electron chi connectivity index (χ3n) is 15.5. The number of amidine groups is 1. The molecular formula is C65H72F2N14O5S2. The minimum absolute atomic E-state index is 0.0205. The van der Waals surface area contributed by atoms with Crippen LogP contribution in [0.2, 0.25) is 0 Å². The van der Waals surface area contributed by atoms with E-state index in [1.807, 2.05) is 102 Å². The Bertz CT molecular complexity index is 3500. The van der Waals surface area contributed by atoms with Crippen LogP contribution < -0.4 is 21.3 Å². The number of thioether (sulfide) groups is 1. The molecule has 4 N–H and O–H groups in total. The zero-order chi connectivity index (χ0) is 61.1. The molecule has 88 heavy (non-hydrogen) atoms. The van der Waals surface area contributed by atoms with Crippen LogP contribution in [0, 0.1) is 0 Å². The summed E-state index contributed by atoms with van der Waals surface area (Å²) in [6, 6.07) is 41.7. The highest BCUT2D eigenvalue weighted by Gasteiger charge is 2.39. The lowest BCUT2D eigenvalue weighted by Gasteiger charge is -2.31. The number of hydrazone groups is 1. The summed E-state index contributed by atoms with van der Waals surface area (Å²) in [7, 11) is 0. The van der Waals surface area contributed by atoms with Crippen molar-refractivity contribution < 1.29 is 32.8 Å². The molecule has 2 unspecified atom stereocenters. The second kappa shape index (κ2) is 30.9. The average molecular weight is 1230 g/mol. The van der Waals surface area contributed by atoms with Crippen LogP contribution in [0.15, 0.2) is 139 Å². The van der Waals surface area contributed by atoms with Gasteiger partial charge in [-0.3, -0.25) is 29.0 Å². The van der Waals surface area contributed by atoms with Gasteiger partial charge in [-0.15, -0.1) is 20.4 Å². The van der Waals surface area contributed by atoms with Crippen LogP contribution >= 0.6 is 23.1 Å². The molecule has 2 atom stereocenters. The predicted octanol–water partition coefficient (Wildman–Crippen LogP) is 9.06. The number of benzene rings is 4. The molecule has 3 aromatic heterocycles. The summed E-state index contributed by atoms with van der Waals surface area (Å²) in [6.07, 6.45) is 8.10. The first-order valence-electron chi connectivity index (χ1n) is 30.1. The molecule has 0 aliphatic carbocycles. The fraction of sp³-hybridized carbons (Fsp3) is 0.385. The molecule has 4 aromatic carbocycles. The maximum absolute atomic E-state index is 14.0. The lowest BCUT2D eigenvalue weighted by molar-refractivity contribution is -0.136. The summed E-state index contributed by atoms with van der Waals surface area (Å²) in [5, 5.41) is 47.1. The normalized spacial score (nSPS) is 16.2. The van der Waals surface area contributed by atoms with Crippen LogP contribution in [0.5, 0.6) is 0 Å². The van der Waals surface area contributed by atoms with Gasteiger partial charge < -0.3 is 31.1 Å². The minimum atomic E-state index is -2.75. The van der Waals surface area contributed by atoms with E-state index in [1.165, 1.54) is 16.7 Å². The summed E-state index contributed by atoms with van der Waals surface area (Å²) < 4.78 is 27.5. The van der Waals surface area contributed by atoms with E-state index in [2.05, 4.69) is 69.0 Å². The van der Waals surface area contributed by atoms with Gasteiger partial charge in [0.2, 0.25) is 34.7 Å². The Morgan fingerprint density at radius 3 is 1.67 bits per heavy atom. The van der Waals surface area contributed by atoms with E-state index >= 15 is 0 Å². The highest BCUT2D eigenvalue weighted by molar-refractivity contribution is 8.14. The molecule has 10 rings (SSSR count). The Kier molecular flexibility index (Phi) is 21.9. The second-order valence-electron chi connectivity index (χ2n) is 22.5. The smallest absolute Gasteiger partial charge is 0.251 e. The number of hydrogen-bond donors (Lipinski definition) is 4. The molecule has 2 fully saturated rings. The molecule has 5 amide bonds. The molecule has 0 saturated carbocycles. The summed E-state index contributed by atoms with van der Waals surface area (Å²) in [4.78, 5) is 69.0. The molecule has 458 valence electrons. The van der Waals surface area contributed by atoms with Crippen LogP contribution in [0.4, 0.5) is 25.5 Å². The molecular weight excluding hydrogens is 1160 g/mol. The standard InChI is InChI=1S/C65H72F2N14O5S2/c66-65(67)31-35-79(36-32-65)60(85)42-50-20-12-18-48(38-50)41-58(84)71-64-78-81(62(88-64)24-10-8-22-52-26-28-55(75-73-52)70-57(83)40-46-15-5-2-6-16-46)53-30-34-80(44-53)61(86)43-49-19-11-17-47(37-49)29-33-68-63-77-76-59(87-63)23-9-7-21-51-25-27-54(74-72-51)69-56(82)39-45-13-3-1-4-14-45/h1-6,11-20,25-28,37-38,53,62H,7-10,21-24,29-36,39-44H2,(H,68,77)(H,69,74,82)(H,70,75,83)(H,71,78,84). The summed E-state index contributed by atoms with van der Waals surface area (Å²) in [5.41, 5.74) is 6.98. The van der Waals surface area contributed by atoms with E-state index in [-0.39, 0.29) is 99.0 Å². The van der Waals surface area contributed by atoms with Gasteiger partial charge in [0.05, 0.1) is 49.5 Å². The van der Waals surface area contributed by atoms with Crippen molar-refractivity contribution in [2.45, 2.75) is 126 Å². The number of halogens is 2. The number of amides is 5. The zero-order valence-electron chi connectivity index (χ0n) is 49.0. The molecule has 6 heterocycles. The topological polar surface area (TPSA) is 233 Å². The van der Waals surface area contributed by atoms with Crippen molar-refractivity contribution in [2.75, 3.05) is 48.7 Å². The van der Waals surface area contributed by atoms with Gasteiger partial charge in [-0.05, 0) is 109 Å². The van der Waals surface area contributed by atoms with Gasteiger partial charge >= 0.3 is 0 Å². The van der Waals surface area contributed by atoms with E-state index < -0.39 is 5.92 Å². The largest absolute Gasteiger partial charge is 0.360 e. The lowest BCUT2D eigenvalue weighted by atomic mass is 10.0. The van der Waals surface area contributed by atoms with Crippen molar-refractivity contribution in [2.24, 2.45) is 5.10 Å². The van der Waals surface area contributed by atoms with Crippen molar-refractivity contribution in [3.63, 3.8) is 0 Å². The number of carbonyl (C=O) groups is 5. The van der Waals surface area contributed by atoms with E-state index in [0.29, 0.717) is 60.4 Å². The minimum Gasteiger partial charge on any atom is -0.360 e. The highest BCUT2D eigenvalue weighted by Crippen LogP contribution is 2.34. The number of unbranched alkanes of at least 4 members (excludes halogenated alkanes) is 2. The summed E-state index contributed by atoms with van der Waals surface area (Å²) in [6.45, 7) is 1.76. The quantitative estimate of drug-likeness (QED) is 0.0352. The molecule has 3 aliphatic rings. The number of aryl methyl sites for hydroxylation is 3. The van der Waals surface area contributed by atoms with Crippen molar-refractivity contribution in [3.05, 3.63) is 183 Å². The van der Waals surface area contributed by atoms with Crippen molar-refractivity contribution in [3.8, 4) is 0 Å². The number of nitrogens with zero attached hydrogens (tertiary/aromatic N) is 10. The highest BCUT2D eigenvalue weighted by atomic mass is 32.2. The maximum Gasteiger partial charge on any atom is 0.251 e. The Hall–Kier alpha value is -8.57. The number of carbonyl (C=O) groups excluding carboxylic acids is 5. The van der Waals surface area contributed by atoms with Gasteiger partial charge in [-0.25, -0.2) is 8.78 Å². The average Bonchev–Trinajstić information content (AvgIpc) is 4.41. The predicted molar refractivity (Wildman–Crippen MR) is 336 cm³/mol. The summed E-state index contributed by atoms with van der Waals surface area (Å²) >= 11 is 3.04. The molecule has 3 aliphatic heterocycles. The number of nitrogens with one attached hydrogen (secondary N) is 4. The van der Waals surface area contributed by atoms with Crippen LogP contribution in [-0.4, -0.2) is 130 Å². The monoisotopic (exact) mass is 1230 g/mol. The fourth-order valence-electron chi connectivity index (χ4n) is 10.9. The van der Waals surface area contributed by atoms with Crippen LogP contribution in [-0.2, 0) is 81.8 Å². The van der Waals surface area contributed by atoms with Crippen LogP contribution in [0.25, 0.3) is 0 Å². The van der Waals surface area contributed by atoms with Gasteiger partial charge in [0.1, 0.15) is 10.4 Å². The second-order valence-corrected chi connectivity index (χ2v) is 24.7. The van der Waals surface area contributed by atoms with Gasteiger partial charge in [0.15, 0.2) is 16.8 Å². The number of likely N-dealkylation sites (tertiary alicyclic amines) is 2. The van der Waals surface area contributed by atoms with E-state index in [9.17, 15) is 32.8 Å². The SMILES string of the molecule is O=C(Cc1cccc(CC(=O)N2CCC(F)(F)CC2)c1)NC1=NN(C2CCN(C(=O)Cc3cccc(CCNc4nnc(CCCCc5ccc(NC(=O)Cc6ccccc6)nn5)s4)c3)C2)C(CCCCc2ccc(NC(=O)Cc3ccccc3)nn2)S1. The van der Waals surface area contributed by atoms with Crippen molar-refractivity contribution in [1.82, 2.24) is 50.7 Å². The van der Waals surface area contributed by atoms with Gasteiger partial charge in [0, 0.05) is 52.0 Å². The number of rotatable bonds is 27. The molecule has 19 nitrogen and oxygen atoms in total. The van der Waals surface area contributed by atoms with Crippen molar-refractivity contribution >= 4 is 74.6 Å². The molecule has 23 heteroatoms. The number of hydrogen-bond acceptors (Lipinski definition) is 16. The first-order chi connectivity index (χ1) is 42.8. The molecule has 7 aromatic rings. The third kappa shape index (κ3) is 19.2. The molecule has 0 radical (unpaired) electrons. The first-order valence-corrected chi connectivity index (χ1v) is 31.8. The molecule has 0 bridgehead atoms. The van der Waals surface area contributed by atoms with E-state index in [4.69, 9.17) is 5.10 Å².